The molecular formula is C15H19N3O3. The van der Waals surface area contributed by atoms with Crippen molar-refractivity contribution in [3.63, 3.8) is 0 Å². The topological polar surface area (TPSA) is 76.4 Å². The summed E-state index contributed by atoms with van der Waals surface area (Å²) in [6.45, 7) is 4.89. The van der Waals surface area contributed by atoms with Crippen molar-refractivity contribution in [2.24, 2.45) is 0 Å². The van der Waals surface area contributed by atoms with Gasteiger partial charge in [-0.3, -0.25) is 0 Å². The van der Waals surface area contributed by atoms with E-state index in [1.807, 2.05) is 32.0 Å². The lowest BCUT2D eigenvalue weighted by atomic mass is 10.3. The van der Waals surface area contributed by atoms with Crippen LogP contribution in [0.1, 0.15) is 18.4 Å². The van der Waals surface area contributed by atoms with E-state index in [0.717, 1.165) is 17.2 Å². The highest BCUT2D eigenvalue weighted by molar-refractivity contribution is 5.89. The summed E-state index contributed by atoms with van der Waals surface area (Å²) in [6.07, 6.45) is 0.609. The molecule has 0 radical (unpaired) electrons. The summed E-state index contributed by atoms with van der Waals surface area (Å²) in [7, 11) is 0. The Hall–Kier alpha value is -2.50. The van der Waals surface area contributed by atoms with Crippen LogP contribution in [0.4, 0.5) is 10.5 Å². The minimum absolute atomic E-state index is 0.254. The molecule has 0 fully saturated rings. The van der Waals surface area contributed by atoms with E-state index in [1.54, 1.807) is 12.1 Å². The summed E-state index contributed by atoms with van der Waals surface area (Å²) in [5.74, 6) is 1.54. The number of rotatable bonds is 6. The number of aromatic nitrogens is 1. The molecule has 0 unspecified atom stereocenters. The molecular weight excluding hydrogens is 270 g/mol. The average molecular weight is 289 g/mol. The minimum Gasteiger partial charge on any atom is -0.494 e. The maximum atomic E-state index is 11.7. The summed E-state index contributed by atoms with van der Waals surface area (Å²) in [4.78, 5) is 11.7. The van der Waals surface area contributed by atoms with E-state index in [9.17, 15) is 4.79 Å². The molecule has 0 aliphatic heterocycles. The maximum absolute atomic E-state index is 11.7. The summed E-state index contributed by atoms with van der Waals surface area (Å²) in [6, 6.07) is 8.82. The van der Waals surface area contributed by atoms with Gasteiger partial charge in [0.15, 0.2) is 0 Å². The Labute approximate surface area is 123 Å². The molecule has 2 rings (SSSR count). The number of hydrogen-bond acceptors (Lipinski definition) is 4. The lowest BCUT2D eigenvalue weighted by Crippen LogP contribution is -2.30. The van der Waals surface area contributed by atoms with E-state index in [-0.39, 0.29) is 6.03 Å². The molecule has 2 N–H and O–H groups in total. The Kier molecular flexibility index (Phi) is 5.20. The van der Waals surface area contributed by atoms with Crippen molar-refractivity contribution in [1.29, 1.82) is 0 Å². The van der Waals surface area contributed by atoms with Crippen LogP contribution in [-0.2, 0) is 6.42 Å². The lowest BCUT2D eigenvalue weighted by Gasteiger charge is -2.08. The second kappa shape index (κ2) is 7.33. The first kappa shape index (κ1) is 14.9. The molecule has 21 heavy (non-hydrogen) atoms. The zero-order valence-corrected chi connectivity index (χ0v) is 12.2. The van der Waals surface area contributed by atoms with Gasteiger partial charge in [-0.2, -0.15) is 0 Å². The number of benzene rings is 1. The molecule has 2 aromatic rings. The van der Waals surface area contributed by atoms with Crippen LogP contribution in [-0.4, -0.2) is 24.3 Å². The number of aryl methyl sites for hydroxylation is 1. The SMILES string of the molecule is CCOc1ccc(NC(=O)NCCc2cc(C)no2)cc1. The van der Waals surface area contributed by atoms with Gasteiger partial charge >= 0.3 is 6.03 Å². The van der Waals surface area contributed by atoms with Crippen molar-refractivity contribution < 1.29 is 14.1 Å². The van der Waals surface area contributed by atoms with Crippen LogP contribution in [0.5, 0.6) is 5.75 Å². The van der Waals surface area contributed by atoms with E-state index in [2.05, 4.69) is 15.8 Å². The van der Waals surface area contributed by atoms with Crippen molar-refractivity contribution >= 4 is 11.7 Å². The number of urea groups is 1. The second-order valence-corrected chi connectivity index (χ2v) is 4.52. The van der Waals surface area contributed by atoms with Crippen LogP contribution in [0, 0.1) is 6.92 Å². The highest BCUT2D eigenvalue weighted by Gasteiger charge is 2.04. The molecule has 0 aliphatic carbocycles. The average Bonchev–Trinajstić information content (AvgIpc) is 2.87. The molecule has 6 heteroatoms. The van der Waals surface area contributed by atoms with Gasteiger partial charge in [0.05, 0.1) is 12.3 Å². The Morgan fingerprint density at radius 1 is 1.33 bits per heavy atom. The molecule has 6 nitrogen and oxygen atoms in total. The van der Waals surface area contributed by atoms with E-state index in [4.69, 9.17) is 9.26 Å². The first-order valence-corrected chi connectivity index (χ1v) is 6.87. The molecule has 0 saturated heterocycles. The fourth-order valence-corrected chi connectivity index (χ4v) is 1.81. The minimum atomic E-state index is -0.254. The normalized spacial score (nSPS) is 10.2. The van der Waals surface area contributed by atoms with Crippen molar-refractivity contribution in [3.8, 4) is 5.75 Å². The molecule has 1 heterocycles. The first-order chi connectivity index (χ1) is 10.2. The monoisotopic (exact) mass is 289 g/mol. The lowest BCUT2D eigenvalue weighted by molar-refractivity contribution is 0.252. The van der Waals surface area contributed by atoms with Crippen molar-refractivity contribution in [2.45, 2.75) is 20.3 Å². The van der Waals surface area contributed by atoms with Gasteiger partial charge in [0, 0.05) is 24.7 Å². The molecule has 1 aromatic carbocycles. The number of anilines is 1. The molecule has 0 aliphatic rings. The van der Waals surface area contributed by atoms with Gasteiger partial charge in [-0.15, -0.1) is 0 Å². The molecule has 0 bridgehead atoms. The molecule has 0 saturated carbocycles. The number of ether oxygens (including phenoxy) is 1. The molecule has 0 atom stereocenters. The van der Waals surface area contributed by atoms with Gasteiger partial charge in [0.25, 0.3) is 0 Å². The van der Waals surface area contributed by atoms with E-state index in [1.165, 1.54) is 0 Å². The summed E-state index contributed by atoms with van der Waals surface area (Å²) >= 11 is 0. The number of hydrogen-bond donors (Lipinski definition) is 2. The molecule has 2 amide bonds. The first-order valence-electron chi connectivity index (χ1n) is 6.87. The van der Waals surface area contributed by atoms with Gasteiger partial charge in [-0.1, -0.05) is 5.16 Å². The fourth-order valence-electron chi connectivity index (χ4n) is 1.81. The third kappa shape index (κ3) is 4.83. The van der Waals surface area contributed by atoms with Gasteiger partial charge < -0.3 is 19.9 Å². The number of amides is 2. The number of nitrogens with one attached hydrogen (secondary N) is 2. The molecule has 112 valence electrons. The largest absolute Gasteiger partial charge is 0.494 e. The Balaban J connectivity index is 1.73. The maximum Gasteiger partial charge on any atom is 0.319 e. The number of carbonyl (C=O) groups is 1. The Morgan fingerprint density at radius 3 is 2.71 bits per heavy atom. The van der Waals surface area contributed by atoms with E-state index in [0.29, 0.717) is 25.3 Å². The zero-order valence-electron chi connectivity index (χ0n) is 12.2. The van der Waals surface area contributed by atoms with Crippen LogP contribution in [0.3, 0.4) is 0 Å². The van der Waals surface area contributed by atoms with Crippen molar-refractivity contribution in [2.75, 3.05) is 18.5 Å². The highest BCUT2D eigenvalue weighted by Crippen LogP contribution is 2.15. The van der Waals surface area contributed by atoms with Gasteiger partial charge in [0.1, 0.15) is 11.5 Å². The van der Waals surface area contributed by atoms with Crippen molar-refractivity contribution in [1.82, 2.24) is 10.5 Å². The zero-order chi connectivity index (χ0) is 15.1. The van der Waals surface area contributed by atoms with Gasteiger partial charge in [-0.05, 0) is 38.1 Å². The Morgan fingerprint density at radius 2 is 2.10 bits per heavy atom. The van der Waals surface area contributed by atoms with Crippen LogP contribution >= 0.6 is 0 Å². The van der Waals surface area contributed by atoms with Crippen molar-refractivity contribution in [3.05, 3.63) is 41.8 Å². The second-order valence-electron chi connectivity index (χ2n) is 4.52. The summed E-state index contributed by atoms with van der Waals surface area (Å²) < 4.78 is 10.4. The number of nitrogens with zero attached hydrogens (tertiary/aromatic N) is 1. The fraction of sp³-hybridized carbons (Fsp3) is 0.333. The van der Waals surface area contributed by atoms with Crippen LogP contribution in [0.15, 0.2) is 34.9 Å². The highest BCUT2D eigenvalue weighted by atomic mass is 16.5. The molecule has 0 spiro atoms. The van der Waals surface area contributed by atoms with E-state index < -0.39 is 0 Å². The third-order valence-corrected chi connectivity index (χ3v) is 2.76. The van der Waals surface area contributed by atoms with Crippen LogP contribution in [0.2, 0.25) is 0 Å². The van der Waals surface area contributed by atoms with E-state index >= 15 is 0 Å². The Bertz CT molecular complexity index is 578. The standard InChI is InChI=1S/C15H19N3O3/c1-3-20-13-6-4-12(5-7-13)17-15(19)16-9-8-14-10-11(2)18-21-14/h4-7,10H,3,8-9H2,1-2H3,(H2,16,17,19). The summed E-state index contributed by atoms with van der Waals surface area (Å²) in [5, 5.41) is 9.30. The quantitative estimate of drug-likeness (QED) is 0.857. The summed E-state index contributed by atoms with van der Waals surface area (Å²) in [5.41, 5.74) is 1.55. The predicted octanol–water partition coefficient (Wildman–Crippen LogP) is 2.75. The smallest absolute Gasteiger partial charge is 0.319 e. The third-order valence-electron chi connectivity index (χ3n) is 2.76. The predicted molar refractivity (Wildman–Crippen MR) is 79.6 cm³/mol. The van der Waals surface area contributed by atoms with Gasteiger partial charge in [-0.25, -0.2) is 4.79 Å². The molecule has 1 aromatic heterocycles. The van der Waals surface area contributed by atoms with Crippen LogP contribution < -0.4 is 15.4 Å². The van der Waals surface area contributed by atoms with Gasteiger partial charge in [0.2, 0.25) is 0 Å². The van der Waals surface area contributed by atoms with Crippen LogP contribution in [0.25, 0.3) is 0 Å². The number of carbonyl (C=O) groups excluding carboxylic acids is 1.